The molecule has 0 saturated carbocycles. The van der Waals surface area contributed by atoms with E-state index in [1.54, 1.807) is 6.07 Å². The SMILES string of the molecule is CC(C)c1cccc(C(=O)N2CCNC(C)(I)C2)n1. The number of piperazine rings is 1. The standard InChI is InChI=1S/C14H20IN3O/c1-10(2)11-5-4-6-12(17-11)13(19)18-8-7-16-14(3,15)9-18/h4-6,10,16H,7-9H2,1-3H3. The molecular weight excluding hydrogens is 353 g/mol. The molecule has 4 nitrogen and oxygen atoms in total. The van der Waals surface area contributed by atoms with Gasteiger partial charge in [0.25, 0.3) is 5.91 Å². The molecule has 0 aromatic carbocycles. The smallest absolute Gasteiger partial charge is 0.272 e. The van der Waals surface area contributed by atoms with E-state index in [1.165, 1.54) is 0 Å². The Balaban J connectivity index is 2.17. The van der Waals surface area contributed by atoms with Crippen molar-refractivity contribution in [3.63, 3.8) is 0 Å². The van der Waals surface area contributed by atoms with Crippen molar-refractivity contribution >= 4 is 28.5 Å². The fourth-order valence-electron chi connectivity index (χ4n) is 2.17. The van der Waals surface area contributed by atoms with E-state index in [0.717, 1.165) is 18.8 Å². The molecule has 104 valence electrons. The highest BCUT2D eigenvalue weighted by Gasteiger charge is 2.31. The third-order valence-electron chi connectivity index (χ3n) is 3.23. The number of halogens is 1. The molecule has 5 heteroatoms. The van der Waals surface area contributed by atoms with Crippen LogP contribution in [-0.2, 0) is 0 Å². The summed E-state index contributed by atoms with van der Waals surface area (Å²) in [5.41, 5.74) is 1.53. The minimum atomic E-state index is -0.0542. The second kappa shape index (κ2) is 5.75. The summed E-state index contributed by atoms with van der Waals surface area (Å²) in [6, 6.07) is 5.70. The molecule has 0 radical (unpaired) electrons. The van der Waals surface area contributed by atoms with Gasteiger partial charge in [-0.3, -0.25) is 10.1 Å². The van der Waals surface area contributed by atoms with Crippen LogP contribution in [0, 0.1) is 0 Å². The molecule has 19 heavy (non-hydrogen) atoms. The highest BCUT2D eigenvalue weighted by atomic mass is 127. The zero-order chi connectivity index (χ0) is 14.0. The quantitative estimate of drug-likeness (QED) is 0.492. The van der Waals surface area contributed by atoms with Crippen LogP contribution in [0.3, 0.4) is 0 Å². The summed E-state index contributed by atoms with van der Waals surface area (Å²) in [4.78, 5) is 18.9. The molecule has 1 aliphatic heterocycles. The Kier molecular flexibility index (Phi) is 4.45. The van der Waals surface area contributed by atoms with E-state index >= 15 is 0 Å². The molecule has 2 heterocycles. The van der Waals surface area contributed by atoms with Crippen LogP contribution >= 0.6 is 22.6 Å². The van der Waals surface area contributed by atoms with Crippen LogP contribution in [0.15, 0.2) is 18.2 Å². The molecule has 1 aromatic heterocycles. The van der Waals surface area contributed by atoms with E-state index in [1.807, 2.05) is 17.0 Å². The number of hydrogen-bond acceptors (Lipinski definition) is 3. The van der Waals surface area contributed by atoms with Gasteiger partial charge in [-0.15, -0.1) is 0 Å². The first-order valence-electron chi connectivity index (χ1n) is 6.59. The number of alkyl halides is 1. The van der Waals surface area contributed by atoms with Crippen LogP contribution in [0.4, 0.5) is 0 Å². The van der Waals surface area contributed by atoms with Crippen LogP contribution in [-0.4, -0.2) is 39.0 Å². The van der Waals surface area contributed by atoms with E-state index in [9.17, 15) is 4.79 Å². The molecule has 0 aliphatic carbocycles. The number of amides is 1. The van der Waals surface area contributed by atoms with Crippen LogP contribution < -0.4 is 5.32 Å². The summed E-state index contributed by atoms with van der Waals surface area (Å²) in [7, 11) is 0. The first kappa shape index (κ1) is 14.7. The number of carbonyl (C=O) groups excluding carboxylic acids is 1. The summed E-state index contributed by atoms with van der Waals surface area (Å²) in [6.07, 6.45) is 0. The Labute approximate surface area is 128 Å². The van der Waals surface area contributed by atoms with Crippen LogP contribution in [0.2, 0.25) is 0 Å². The Morgan fingerprint density at radius 2 is 2.26 bits per heavy atom. The molecule has 1 N–H and O–H groups in total. The van der Waals surface area contributed by atoms with Crippen molar-refractivity contribution in [1.29, 1.82) is 0 Å². The minimum Gasteiger partial charge on any atom is -0.333 e. The number of nitrogens with zero attached hydrogens (tertiary/aromatic N) is 2. The zero-order valence-electron chi connectivity index (χ0n) is 11.6. The van der Waals surface area contributed by atoms with E-state index in [2.05, 4.69) is 53.7 Å². The average molecular weight is 373 g/mol. The Bertz CT molecular complexity index is 474. The van der Waals surface area contributed by atoms with Gasteiger partial charge in [-0.1, -0.05) is 42.5 Å². The number of nitrogens with one attached hydrogen (secondary N) is 1. The Morgan fingerprint density at radius 3 is 2.89 bits per heavy atom. The van der Waals surface area contributed by atoms with E-state index in [-0.39, 0.29) is 9.45 Å². The predicted octanol–water partition coefficient (Wildman–Crippen LogP) is 2.40. The van der Waals surface area contributed by atoms with Crippen molar-refractivity contribution in [2.45, 2.75) is 30.2 Å². The van der Waals surface area contributed by atoms with Crippen molar-refractivity contribution in [2.75, 3.05) is 19.6 Å². The van der Waals surface area contributed by atoms with Crippen LogP contribution in [0.1, 0.15) is 42.9 Å². The van der Waals surface area contributed by atoms with Gasteiger partial charge in [-0.2, -0.15) is 0 Å². The van der Waals surface area contributed by atoms with Gasteiger partial charge in [0.2, 0.25) is 0 Å². The normalized spacial score (nSPS) is 23.7. The van der Waals surface area contributed by atoms with Crippen molar-refractivity contribution in [3.05, 3.63) is 29.6 Å². The third-order valence-corrected chi connectivity index (χ3v) is 3.95. The average Bonchev–Trinajstić information content (AvgIpc) is 2.37. The van der Waals surface area contributed by atoms with Crippen molar-refractivity contribution in [2.24, 2.45) is 0 Å². The van der Waals surface area contributed by atoms with Gasteiger partial charge in [0.1, 0.15) is 5.69 Å². The second-order valence-electron chi connectivity index (χ2n) is 5.45. The summed E-state index contributed by atoms with van der Waals surface area (Å²) in [5.74, 6) is 0.373. The van der Waals surface area contributed by atoms with Crippen molar-refractivity contribution in [3.8, 4) is 0 Å². The highest BCUT2D eigenvalue weighted by Crippen LogP contribution is 2.20. The highest BCUT2D eigenvalue weighted by molar-refractivity contribution is 14.1. The zero-order valence-corrected chi connectivity index (χ0v) is 13.8. The summed E-state index contributed by atoms with van der Waals surface area (Å²) in [6.45, 7) is 8.55. The summed E-state index contributed by atoms with van der Waals surface area (Å²) >= 11 is 2.35. The number of rotatable bonds is 2. The molecule has 0 spiro atoms. The summed E-state index contributed by atoms with van der Waals surface area (Å²) < 4.78 is -0.0542. The van der Waals surface area contributed by atoms with Crippen molar-refractivity contribution in [1.82, 2.24) is 15.2 Å². The Hall–Kier alpha value is -0.690. The van der Waals surface area contributed by atoms with Gasteiger partial charge < -0.3 is 4.90 Å². The minimum absolute atomic E-state index is 0.0342. The maximum Gasteiger partial charge on any atom is 0.272 e. The fraction of sp³-hybridized carbons (Fsp3) is 0.571. The largest absolute Gasteiger partial charge is 0.333 e. The number of carbonyl (C=O) groups is 1. The first-order valence-corrected chi connectivity index (χ1v) is 7.67. The van der Waals surface area contributed by atoms with E-state index in [0.29, 0.717) is 18.2 Å². The molecule has 1 aromatic rings. The van der Waals surface area contributed by atoms with Gasteiger partial charge >= 0.3 is 0 Å². The fourth-order valence-corrected chi connectivity index (χ4v) is 2.85. The molecule has 2 rings (SSSR count). The lowest BCUT2D eigenvalue weighted by atomic mass is 10.1. The third kappa shape index (κ3) is 3.66. The van der Waals surface area contributed by atoms with Gasteiger partial charge in [-0.05, 0) is 25.0 Å². The molecule has 1 atom stereocenters. The topological polar surface area (TPSA) is 45.2 Å². The van der Waals surface area contributed by atoms with Gasteiger partial charge in [-0.25, -0.2) is 4.98 Å². The molecule has 0 bridgehead atoms. The maximum atomic E-state index is 12.5. The Morgan fingerprint density at radius 1 is 1.53 bits per heavy atom. The number of pyridine rings is 1. The molecule has 1 aliphatic rings. The lowest BCUT2D eigenvalue weighted by molar-refractivity contribution is 0.0696. The van der Waals surface area contributed by atoms with E-state index < -0.39 is 0 Å². The maximum absolute atomic E-state index is 12.5. The number of hydrogen-bond donors (Lipinski definition) is 1. The first-order chi connectivity index (χ1) is 8.89. The van der Waals surface area contributed by atoms with Gasteiger partial charge in [0, 0.05) is 25.3 Å². The van der Waals surface area contributed by atoms with Crippen molar-refractivity contribution < 1.29 is 4.79 Å². The second-order valence-corrected chi connectivity index (χ2v) is 7.83. The predicted molar refractivity (Wildman–Crippen MR) is 84.7 cm³/mol. The van der Waals surface area contributed by atoms with E-state index in [4.69, 9.17) is 0 Å². The van der Waals surface area contributed by atoms with Crippen LogP contribution in [0.25, 0.3) is 0 Å². The monoisotopic (exact) mass is 373 g/mol. The lowest BCUT2D eigenvalue weighted by Gasteiger charge is -2.37. The molecule has 1 saturated heterocycles. The van der Waals surface area contributed by atoms with Gasteiger partial charge in [0.05, 0.1) is 3.55 Å². The van der Waals surface area contributed by atoms with Crippen LogP contribution in [0.5, 0.6) is 0 Å². The molecule has 1 unspecified atom stereocenters. The van der Waals surface area contributed by atoms with Gasteiger partial charge in [0.15, 0.2) is 0 Å². The molecular formula is C14H20IN3O. The lowest BCUT2D eigenvalue weighted by Crippen LogP contribution is -2.56. The summed E-state index contributed by atoms with van der Waals surface area (Å²) in [5, 5.41) is 3.40. The number of aromatic nitrogens is 1. The molecule has 1 fully saturated rings. The molecule has 1 amide bonds.